The van der Waals surface area contributed by atoms with Gasteiger partial charge < -0.3 is 5.11 Å². The third kappa shape index (κ3) is 1.83. The highest BCUT2D eigenvalue weighted by molar-refractivity contribution is 4.95. The predicted octanol–water partition coefficient (Wildman–Crippen LogP) is 1.72. The number of hydrogen-bond donors (Lipinski definition) is 1. The number of rotatable bonds is 1. The van der Waals surface area contributed by atoms with Gasteiger partial charge in [0.05, 0.1) is 6.10 Å². The molecule has 1 rings (SSSR count). The maximum atomic E-state index is 9.12. The van der Waals surface area contributed by atoms with E-state index < -0.39 is 0 Å². The SMILES string of the molecule is CCC1CC=CC(O)C1. The van der Waals surface area contributed by atoms with Crippen molar-refractivity contribution in [1.82, 2.24) is 0 Å². The third-order valence-electron chi connectivity index (χ3n) is 1.98. The molecule has 1 aliphatic carbocycles. The van der Waals surface area contributed by atoms with Gasteiger partial charge in [-0.15, -0.1) is 0 Å². The zero-order valence-electron chi connectivity index (χ0n) is 5.88. The van der Waals surface area contributed by atoms with Crippen LogP contribution in [0.3, 0.4) is 0 Å². The topological polar surface area (TPSA) is 20.2 Å². The number of aliphatic hydroxyl groups excluding tert-OH is 1. The molecule has 2 atom stereocenters. The maximum Gasteiger partial charge on any atom is 0.0723 e. The molecule has 0 fully saturated rings. The van der Waals surface area contributed by atoms with Gasteiger partial charge in [-0.05, 0) is 18.8 Å². The lowest BCUT2D eigenvalue weighted by Gasteiger charge is -2.19. The van der Waals surface area contributed by atoms with Gasteiger partial charge in [0.2, 0.25) is 0 Å². The lowest BCUT2D eigenvalue weighted by Crippen LogP contribution is -2.13. The van der Waals surface area contributed by atoms with Crippen LogP contribution in [0, 0.1) is 5.92 Å². The average Bonchev–Trinajstić information content (AvgIpc) is 1.88. The number of hydrogen-bond acceptors (Lipinski definition) is 1. The Morgan fingerprint density at radius 1 is 1.67 bits per heavy atom. The van der Waals surface area contributed by atoms with Crippen LogP contribution in [0.25, 0.3) is 0 Å². The molecule has 1 nitrogen and oxygen atoms in total. The lowest BCUT2D eigenvalue weighted by atomic mass is 9.91. The highest BCUT2D eigenvalue weighted by Crippen LogP contribution is 2.20. The smallest absolute Gasteiger partial charge is 0.0723 e. The van der Waals surface area contributed by atoms with E-state index in [1.807, 2.05) is 6.08 Å². The minimum absolute atomic E-state index is 0.163. The monoisotopic (exact) mass is 126 g/mol. The van der Waals surface area contributed by atoms with Gasteiger partial charge in [0.15, 0.2) is 0 Å². The van der Waals surface area contributed by atoms with Crippen molar-refractivity contribution < 1.29 is 5.11 Å². The minimum Gasteiger partial charge on any atom is -0.389 e. The number of allylic oxidation sites excluding steroid dienone is 1. The van der Waals surface area contributed by atoms with E-state index in [0.29, 0.717) is 0 Å². The van der Waals surface area contributed by atoms with Crippen molar-refractivity contribution in [3.63, 3.8) is 0 Å². The minimum atomic E-state index is -0.163. The summed E-state index contributed by atoms with van der Waals surface area (Å²) < 4.78 is 0. The Morgan fingerprint density at radius 2 is 2.44 bits per heavy atom. The van der Waals surface area contributed by atoms with Crippen LogP contribution in [0.1, 0.15) is 26.2 Å². The van der Waals surface area contributed by atoms with Crippen LogP contribution in [0.2, 0.25) is 0 Å². The zero-order chi connectivity index (χ0) is 6.69. The summed E-state index contributed by atoms with van der Waals surface area (Å²) in [4.78, 5) is 0. The van der Waals surface area contributed by atoms with Gasteiger partial charge in [0.25, 0.3) is 0 Å². The van der Waals surface area contributed by atoms with Crippen LogP contribution in [0.4, 0.5) is 0 Å². The molecule has 0 spiro atoms. The number of aliphatic hydroxyl groups is 1. The second-order valence-electron chi connectivity index (χ2n) is 2.74. The van der Waals surface area contributed by atoms with Crippen molar-refractivity contribution in [3.8, 4) is 0 Å². The molecule has 0 aromatic rings. The van der Waals surface area contributed by atoms with E-state index in [2.05, 4.69) is 13.0 Å². The van der Waals surface area contributed by atoms with Gasteiger partial charge in [-0.1, -0.05) is 25.5 Å². The summed E-state index contributed by atoms with van der Waals surface area (Å²) in [5.41, 5.74) is 0. The standard InChI is InChI=1S/C8H14O/c1-2-7-4-3-5-8(9)6-7/h3,5,7-9H,2,4,6H2,1H3. The fourth-order valence-electron chi connectivity index (χ4n) is 1.28. The summed E-state index contributed by atoms with van der Waals surface area (Å²) in [6, 6.07) is 0. The maximum absolute atomic E-state index is 9.12. The second kappa shape index (κ2) is 3.02. The molecule has 0 aromatic heterocycles. The Labute approximate surface area is 56.4 Å². The van der Waals surface area contributed by atoms with Gasteiger partial charge in [-0.2, -0.15) is 0 Å². The first-order valence-corrected chi connectivity index (χ1v) is 3.67. The van der Waals surface area contributed by atoms with Crippen LogP contribution in [-0.4, -0.2) is 11.2 Å². The average molecular weight is 126 g/mol. The van der Waals surface area contributed by atoms with Crippen molar-refractivity contribution in [2.45, 2.75) is 32.3 Å². The summed E-state index contributed by atoms with van der Waals surface area (Å²) in [7, 11) is 0. The summed E-state index contributed by atoms with van der Waals surface area (Å²) in [5, 5.41) is 9.12. The van der Waals surface area contributed by atoms with Crippen LogP contribution in [-0.2, 0) is 0 Å². The molecule has 1 heteroatoms. The van der Waals surface area contributed by atoms with E-state index >= 15 is 0 Å². The Balaban J connectivity index is 2.38. The molecule has 52 valence electrons. The van der Waals surface area contributed by atoms with E-state index in [9.17, 15) is 0 Å². The van der Waals surface area contributed by atoms with Crippen molar-refractivity contribution in [2.75, 3.05) is 0 Å². The van der Waals surface area contributed by atoms with Crippen molar-refractivity contribution in [3.05, 3.63) is 12.2 Å². The van der Waals surface area contributed by atoms with Crippen molar-refractivity contribution >= 4 is 0 Å². The predicted molar refractivity (Wildman–Crippen MR) is 38.2 cm³/mol. The van der Waals surface area contributed by atoms with Crippen LogP contribution < -0.4 is 0 Å². The first-order valence-electron chi connectivity index (χ1n) is 3.67. The van der Waals surface area contributed by atoms with E-state index in [1.54, 1.807) is 0 Å². The summed E-state index contributed by atoms with van der Waals surface area (Å²) in [6.45, 7) is 2.18. The molecule has 0 radical (unpaired) electrons. The molecular weight excluding hydrogens is 112 g/mol. The van der Waals surface area contributed by atoms with Crippen LogP contribution in [0.5, 0.6) is 0 Å². The van der Waals surface area contributed by atoms with Gasteiger partial charge >= 0.3 is 0 Å². The molecule has 2 unspecified atom stereocenters. The summed E-state index contributed by atoms with van der Waals surface area (Å²) >= 11 is 0. The van der Waals surface area contributed by atoms with E-state index in [1.165, 1.54) is 6.42 Å². The molecule has 1 N–H and O–H groups in total. The molecule has 0 bridgehead atoms. The largest absolute Gasteiger partial charge is 0.389 e. The fraction of sp³-hybridized carbons (Fsp3) is 0.750. The zero-order valence-corrected chi connectivity index (χ0v) is 5.88. The van der Waals surface area contributed by atoms with Crippen LogP contribution >= 0.6 is 0 Å². The van der Waals surface area contributed by atoms with Gasteiger partial charge in [0.1, 0.15) is 0 Å². The third-order valence-corrected chi connectivity index (χ3v) is 1.98. The Kier molecular flexibility index (Phi) is 2.29. The van der Waals surface area contributed by atoms with E-state index in [-0.39, 0.29) is 6.10 Å². The van der Waals surface area contributed by atoms with Crippen molar-refractivity contribution in [2.24, 2.45) is 5.92 Å². The van der Waals surface area contributed by atoms with Gasteiger partial charge in [0, 0.05) is 0 Å². The van der Waals surface area contributed by atoms with Crippen LogP contribution in [0.15, 0.2) is 12.2 Å². The Morgan fingerprint density at radius 3 is 2.89 bits per heavy atom. The van der Waals surface area contributed by atoms with E-state index in [4.69, 9.17) is 5.11 Å². The molecule has 1 aliphatic rings. The molecule has 0 saturated heterocycles. The quantitative estimate of drug-likeness (QED) is 0.530. The molecule has 0 aromatic carbocycles. The Hall–Kier alpha value is -0.300. The first-order chi connectivity index (χ1) is 4.33. The molecular formula is C8H14O. The molecule has 0 aliphatic heterocycles. The summed E-state index contributed by atoms with van der Waals surface area (Å²) in [5.74, 6) is 0.727. The van der Waals surface area contributed by atoms with Gasteiger partial charge in [-0.25, -0.2) is 0 Å². The van der Waals surface area contributed by atoms with Gasteiger partial charge in [-0.3, -0.25) is 0 Å². The molecule has 9 heavy (non-hydrogen) atoms. The lowest BCUT2D eigenvalue weighted by molar-refractivity contribution is 0.177. The first kappa shape index (κ1) is 6.81. The normalized spacial score (nSPS) is 34.9. The molecule has 0 heterocycles. The highest BCUT2D eigenvalue weighted by Gasteiger charge is 2.12. The summed E-state index contributed by atoms with van der Waals surface area (Å²) in [6.07, 6.45) is 7.14. The van der Waals surface area contributed by atoms with E-state index in [0.717, 1.165) is 18.8 Å². The fourth-order valence-corrected chi connectivity index (χ4v) is 1.28. The molecule has 0 amide bonds. The molecule has 0 saturated carbocycles. The second-order valence-corrected chi connectivity index (χ2v) is 2.74. The highest BCUT2D eigenvalue weighted by atomic mass is 16.3. The van der Waals surface area contributed by atoms with Crippen molar-refractivity contribution in [1.29, 1.82) is 0 Å². The Bertz CT molecular complexity index is 107.